The highest BCUT2D eigenvalue weighted by atomic mass is 127. The predicted octanol–water partition coefficient (Wildman–Crippen LogP) is 4.87. The summed E-state index contributed by atoms with van der Waals surface area (Å²) in [6.07, 6.45) is 9.78. The number of aryl methyl sites for hydroxylation is 1. The van der Waals surface area contributed by atoms with E-state index in [1.807, 2.05) is 13.2 Å². The van der Waals surface area contributed by atoms with Crippen molar-refractivity contribution in [3.63, 3.8) is 0 Å². The van der Waals surface area contributed by atoms with E-state index in [1.165, 1.54) is 28.3 Å². The number of rotatable bonds is 5. The summed E-state index contributed by atoms with van der Waals surface area (Å²) in [5, 5.41) is 8.31. The average Bonchev–Trinajstić information content (AvgIpc) is 3.36. The molecule has 7 heteroatoms. The van der Waals surface area contributed by atoms with Crippen LogP contribution in [0.1, 0.15) is 60.5 Å². The van der Waals surface area contributed by atoms with Crippen LogP contribution in [0.25, 0.3) is 0 Å². The standard InChI is InChI=1S/C22H30N4OS.HI/c1-3-16-15-25-20(28-16)10-13-24-21(23-2)26-18-14-22(11-6-7-12-22)27-19-9-5-4-8-17(18)19;/h4-5,8-9,15,18H,3,6-7,10-14H2,1-2H3,(H2,23,24,26);1H. The first-order chi connectivity index (χ1) is 13.7. The molecule has 1 aliphatic heterocycles. The lowest BCUT2D eigenvalue weighted by molar-refractivity contribution is 0.0396. The van der Waals surface area contributed by atoms with Crippen molar-refractivity contribution in [1.82, 2.24) is 15.6 Å². The molecule has 2 aromatic rings. The Morgan fingerprint density at radius 2 is 2.10 bits per heavy atom. The molecular formula is C22H31IN4OS. The number of aliphatic imine (C=N–C) groups is 1. The molecule has 2 heterocycles. The van der Waals surface area contributed by atoms with Crippen molar-refractivity contribution in [2.75, 3.05) is 13.6 Å². The van der Waals surface area contributed by atoms with Gasteiger partial charge < -0.3 is 15.4 Å². The lowest BCUT2D eigenvalue weighted by Gasteiger charge is -2.40. The number of guanidine groups is 1. The molecule has 1 fully saturated rings. The summed E-state index contributed by atoms with van der Waals surface area (Å²) < 4.78 is 6.47. The van der Waals surface area contributed by atoms with Crippen molar-refractivity contribution < 1.29 is 4.74 Å². The maximum Gasteiger partial charge on any atom is 0.191 e. The van der Waals surface area contributed by atoms with Gasteiger partial charge in [-0.3, -0.25) is 4.99 Å². The van der Waals surface area contributed by atoms with E-state index in [2.05, 4.69) is 51.8 Å². The van der Waals surface area contributed by atoms with Crippen LogP contribution < -0.4 is 15.4 Å². The minimum Gasteiger partial charge on any atom is -0.487 e. The highest BCUT2D eigenvalue weighted by molar-refractivity contribution is 14.0. The SMILES string of the molecule is CCc1cnc(CCNC(=NC)NC2CC3(CCCC3)Oc3ccccc32)s1.I. The molecule has 0 amide bonds. The second-order valence-electron chi connectivity index (χ2n) is 7.75. The van der Waals surface area contributed by atoms with Crippen LogP contribution in [0.3, 0.4) is 0 Å². The summed E-state index contributed by atoms with van der Waals surface area (Å²) in [4.78, 5) is 10.3. The molecule has 158 valence electrons. The molecule has 2 aliphatic rings. The number of ether oxygens (including phenoxy) is 1. The Hall–Kier alpha value is -1.35. The number of halogens is 1. The van der Waals surface area contributed by atoms with E-state index >= 15 is 0 Å². The third kappa shape index (κ3) is 5.23. The number of aromatic nitrogens is 1. The quantitative estimate of drug-likeness (QED) is 0.332. The van der Waals surface area contributed by atoms with Gasteiger partial charge in [-0.15, -0.1) is 35.3 Å². The molecule has 1 atom stereocenters. The molecular weight excluding hydrogens is 495 g/mol. The van der Waals surface area contributed by atoms with E-state index in [0.717, 1.165) is 50.4 Å². The molecule has 5 nitrogen and oxygen atoms in total. The zero-order valence-corrected chi connectivity index (χ0v) is 20.4. The lowest BCUT2D eigenvalue weighted by atomic mass is 9.86. The van der Waals surface area contributed by atoms with E-state index < -0.39 is 0 Å². The molecule has 0 saturated heterocycles. The first kappa shape index (κ1) is 22.3. The Labute approximate surface area is 194 Å². The fourth-order valence-corrected chi connectivity index (χ4v) is 5.21. The Morgan fingerprint density at radius 1 is 1.31 bits per heavy atom. The number of hydrogen-bond acceptors (Lipinski definition) is 4. The molecule has 2 N–H and O–H groups in total. The number of hydrogen-bond donors (Lipinski definition) is 2. The van der Waals surface area contributed by atoms with Gasteiger partial charge in [0, 0.05) is 43.1 Å². The third-order valence-corrected chi connectivity index (χ3v) is 7.03. The molecule has 0 radical (unpaired) electrons. The lowest BCUT2D eigenvalue weighted by Crippen LogP contribution is -2.47. The van der Waals surface area contributed by atoms with Crippen LogP contribution in [0.2, 0.25) is 0 Å². The van der Waals surface area contributed by atoms with Gasteiger partial charge in [0.25, 0.3) is 0 Å². The fourth-order valence-electron chi connectivity index (χ4n) is 4.35. The number of thiazole rings is 1. The molecule has 1 saturated carbocycles. The molecule has 4 rings (SSSR count). The van der Waals surface area contributed by atoms with Crippen molar-refractivity contribution in [2.45, 2.75) is 63.5 Å². The van der Waals surface area contributed by atoms with Gasteiger partial charge in [-0.1, -0.05) is 25.1 Å². The van der Waals surface area contributed by atoms with Gasteiger partial charge >= 0.3 is 0 Å². The second-order valence-corrected chi connectivity index (χ2v) is 8.95. The van der Waals surface area contributed by atoms with Gasteiger partial charge in [-0.2, -0.15) is 0 Å². The summed E-state index contributed by atoms with van der Waals surface area (Å²) in [5.41, 5.74) is 1.22. The molecule has 1 aliphatic carbocycles. The van der Waals surface area contributed by atoms with Crippen molar-refractivity contribution in [3.05, 3.63) is 45.9 Å². The Balaban J connectivity index is 0.00000240. The van der Waals surface area contributed by atoms with Crippen LogP contribution in [0.15, 0.2) is 35.5 Å². The van der Waals surface area contributed by atoms with Crippen molar-refractivity contribution in [3.8, 4) is 5.75 Å². The smallest absolute Gasteiger partial charge is 0.191 e. The number of nitrogens with one attached hydrogen (secondary N) is 2. The number of fused-ring (bicyclic) bond motifs is 1. The topological polar surface area (TPSA) is 58.5 Å². The van der Waals surface area contributed by atoms with Crippen LogP contribution in [0.4, 0.5) is 0 Å². The van der Waals surface area contributed by atoms with Crippen LogP contribution >= 0.6 is 35.3 Å². The van der Waals surface area contributed by atoms with Crippen LogP contribution in [-0.4, -0.2) is 30.1 Å². The molecule has 1 spiro atoms. The first-order valence-corrected chi connectivity index (χ1v) is 11.2. The maximum atomic E-state index is 6.47. The first-order valence-electron chi connectivity index (χ1n) is 10.4. The van der Waals surface area contributed by atoms with Gasteiger partial charge in [-0.25, -0.2) is 4.98 Å². The van der Waals surface area contributed by atoms with E-state index in [-0.39, 0.29) is 35.6 Å². The number of para-hydroxylation sites is 1. The van der Waals surface area contributed by atoms with Crippen molar-refractivity contribution in [1.29, 1.82) is 0 Å². The third-order valence-electron chi connectivity index (χ3n) is 5.83. The monoisotopic (exact) mass is 526 g/mol. The van der Waals surface area contributed by atoms with Crippen LogP contribution in [0, 0.1) is 0 Å². The Bertz CT molecular complexity index is 832. The maximum absolute atomic E-state index is 6.47. The largest absolute Gasteiger partial charge is 0.487 e. The minimum atomic E-state index is -0.0116. The molecule has 1 aromatic heterocycles. The van der Waals surface area contributed by atoms with Gasteiger partial charge in [0.15, 0.2) is 5.96 Å². The highest BCUT2D eigenvalue weighted by Crippen LogP contribution is 2.46. The van der Waals surface area contributed by atoms with E-state index in [4.69, 9.17) is 4.74 Å². The fraction of sp³-hybridized carbons (Fsp3) is 0.545. The van der Waals surface area contributed by atoms with Crippen LogP contribution in [0.5, 0.6) is 5.75 Å². The van der Waals surface area contributed by atoms with Gasteiger partial charge in [0.2, 0.25) is 0 Å². The van der Waals surface area contributed by atoms with Crippen LogP contribution in [-0.2, 0) is 12.8 Å². The Morgan fingerprint density at radius 3 is 2.83 bits per heavy atom. The molecule has 1 unspecified atom stereocenters. The Kier molecular flexibility index (Phi) is 7.79. The zero-order chi connectivity index (χ0) is 19.4. The predicted molar refractivity (Wildman–Crippen MR) is 131 cm³/mol. The summed E-state index contributed by atoms with van der Waals surface area (Å²) in [6.45, 7) is 3.00. The van der Waals surface area contributed by atoms with Crippen molar-refractivity contribution >= 4 is 41.3 Å². The van der Waals surface area contributed by atoms with Gasteiger partial charge in [-0.05, 0) is 38.2 Å². The molecule has 29 heavy (non-hydrogen) atoms. The van der Waals surface area contributed by atoms with Gasteiger partial charge in [0.05, 0.1) is 11.0 Å². The average molecular weight is 526 g/mol. The zero-order valence-electron chi connectivity index (χ0n) is 17.2. The van der Waals surface area contributed by atoms with Gasteiger partial charge in [0.1, 0.15) is 11.4 Å². The van der Waals surface area contributed by atoms with Crippen molar-refractivity contribution in [2.24, 2.45) is 4.99 Å². The normalized spacial score (nSPS) is 19.9. The second kappa shape index (κ2) is 10.1. The minimum absolute atomic E-state index is 0. The number of benzene rings is 1. The highest BCUT2D eigenvalue weighted by Gasteiger charge is 2.43. The summed E-state index contributed by atoms with van der Waals surface area (Å²) in [6, 6.07) is 8.65. The molecule has 1 aromatic carbocycles. The molecule has 0 bridgehead atoms. The summed E-state index contributed by atoms with van der Waals surface area (Å²) in [5.74, 6) is 1.88. The number of nitrogens with zero attached hydrogens (tertiary/aromatic N) is 2. The summed E-state index contributed by atoms with van der Waals surface area (Å²) in [7, 11) is 1.84. The van der Waals surface area contributed by atoms with E-state index in [9.17, 15) is 0 Å². The summed E-state index contributed by atoms with van der Waals surface area (Å²) >= 11 is 1.80. The van der Waals surface area contributed by atoms with E-state index in [0.29, 0.717) is 0 Å². The van der Waals surface area contributed by atoms with E-state index in [1.54, 1.807) is 11.3 Å².